The normalized spacial score (nSPS) is 11.7. The number of benzene rings is 2. The van der Waals surface area contributed by atoms with Gasteiger partial charge in [0.2, 0.25) is 5.91 Å². The van der Waals surface area contributed by atoms with Gasteiger partial charge in [0.25, 0.3) is 5.19 Å². The van der Waals surface area contributed by atoms with E-state index in [1.165, 1.54) is 18.3 Å². The third-order valence-corrected chi connectivity index (χ3v) is 4.79. The maximum atomic E-state index is 11.2. The average Bonchev–Trinajstić information content (AvgIpc) is 3.10. The predicted molar refractivity (Wildman–Crippen MR) is 103 cm³/mol. The third kappa shape index (κ3) is 4.40. The average molecular weight is 368 g/mol. The molecule has 1 N–H and O–H groups in total. The van der Waals surface area contributed by atoms with Gasteiger partial charge in [-0.3, -0.25) is 4.79 Å². The molecule has 1 atom stereocenters. The Morgan fingerprint density at radius 3 is 2.35 bits per heavy atom. The second kappa shape index (κ2) is 8.01. The molecule has 3 rings (SSSR count). The molecule has 0 spiro atoms. The van der Waals surface area contributed by atoms with Crippen molar-refractivity contribution in [1.82, 2.24) is 10.3 Å². The fourth-order valence-corrected chi connectivity index (χ4v) is 3.30. The molecule has 5 nitrogen and oxygen atoms in total. The van der Waals surface area contributed by atoms with Crippen molar-refractivity contribution >= 4 is 17.2 Å². The van der Waals surface area contributed by atoms with Gasteiger partial charge >= 0.3 is 0 Å². The predicted octanol–water partition coefficient (Wildman–Crippen LogP) is 4.81. The maximum absolute atomic E-state index is 11.2. The van der Waals surface area contributed by atoms with E-state index in [0.29, 0.717) is 10.9 Å². The SMILES string of the molecule is COc1ccc(Oc2ncc(-c3ccc(C(C)NC(C)=O)cc3)s2)cc1. The standard InChI is InChI=1S/C20H20N2O3S/c1-13(22-14(2)23)15-4-6-16(7-5-15)19-12-21-20(26-19)25-18-10-8-17(24-3)9-11-18/h4-13H,1-3H3,(H,22,23). The lowest BCUT2D eigenvalue weighted by atomic mass is 10.1. The minimum Gasteiger partial charge on any atom is -0.497 e. The van der Waals surface area contributed by atoms with Crippen LogP contribution in [-0.2, 0) is 4.79 Å². The zero-order valence-electron chi connectivity index (χ0n) is 14.9. The van der Waals surface area contributed by atoms with Gasteiger partial charge in [-0.25, -0.2) is 4.98 Å². The summed E-state index contributed by atoms with van der Waals surface area (Å²) >= 11 is 1.48. The molecule has 0 bridgehead atoms. The highest BCUT2D eigenvalue weighted by Gasteiger charge is 2.09. The number of amides is 1. The number of methoxy groups -OCH3 is 1. The van der Waals surface area contributed by atoms with Crippen LogP contribution in [0.25, 0.3) is 10.4 Å². The lowest BCUT2D eigenvalue weighted by molar-refractivity contribution is -0.119. The van der Waals surface area contributed by atoms with Gasteiger partial charge in [0.1, 0.15) is 11.5 Å². The first-order valence-corrected chi connectivity index (χ1v) is 9.02. The van der Waals surface area contributed by atoms with Crippen LogP contribution in [0.5, 0.6) is 16.7 Å². The van der Waals surface area contributed by atoms with E-state index < -0.39 is 0 Å². The summed E-state index contributed by atoms with van der Waals surface area (Å²) in [6.07, 6.45) is 1.80. The minimum atomic E-state index is -0.0376. The van der Waals surface area contributed by atoms with Crippen molar-refractivity contribution in [2.24, 2.45) is 0 Å². The Bertz CT molecular complexity index is 873. The first-order chi connectivity index (χ1) is 12.5. The zero-order chi connectivity index (χ0) is 18.5. The molecule has 3 aromatic rings. The fraction of sp³-hybridized carbons (Fsp3) is 0.200. The van der Waals surface area contributed by atoms with E-state index in [0.717, 1.165) is 21.8 Å². The Labute approximate surface area is 156 Å². The molecule has 2 aromatic carbocycles. The molecule has 0 radical (unpaired) electrons. The number of nitrogens with zero attached hydrogens (tertiary/aromatic N) is 1. The van der Waals surface area contributed by atoms with Gasteiger partial charge < -0.3 is 14.8 Å². The second-order valence-corrected chi connectivity index (χ2v) is 6.81. The lowest BCUT2D eigenvalue weighted by Gasteiger charge is -2.13. The molecule has 1 unspecified atom stereocenters. The molecule has 1 amide bonds. The Hall–Kier alpha value is -2.86. The monoisotopic (exact) mass is 368 g/mol. The molecule has 0 aliphatic carbocycles. The maximum Gasteiger partial charge on any atom is 0.279 e. The zero-order valence-corrected chi connectivity index (χ0v) is 15.7. The molecular formula is C20H20N2O3S. The van der Waals surface area contributed by atoms with Crippen LogP contribution in [0.3, 0.4) is 0 Å². The summed E-state index contributed by atoms with van der Waals surface area (Å²) in [5.74, 6) is 1.46. The van der Waals surface area contributed by atoms with Gasteiger partial charge in [0.05, 0.1) is 18.0 Å². The van der Waals surface area contributed by atoms with E-state index in [2.05, 4.69) is 10.3 Å². The number of hydrogen-bond donors (Lipinski definition) is 1. The molecule has 0 fully saturated rings. The van der Waals surface area contributed by atoms with Crippen molar-refractivity contribution in [3.05, 3.63) is 60.3 Å². The van der Waals surface area contributed by atoms with Gasteiger partial charge in [-0.2, -0.15) is 0 Å². The van der Waals surface area contributed by atoms with E-state index in [1.807, 2.05) is 55.5 Å². The number of carbonyl (C=O) groups excluding carboxylic acids is 1. The number of aromatic nitrogens is 1. The smallest absolute Gasteiger partial charge is 0.279 e. The Morgan fingerprint density at radius 1 is 1.08 bits per heavy atom. The third-order valence-electron chi connectivity index (χ3n) is 3.86. The van der Waals surface area contributed by atoms with Gasteiger partial charge in [0.15, 0.2) is 0 Å². The Kier molecular flexibility index (Phi) is 5.53. The van der Waals surface area contributed by atoms with Crippen molar-refractivity contribution in [2.45, 2.75) is 19.9 Å². The first-order valence-electron chi connectivity index (χ1n) is 8.20. The van der Waals surface area contributed by atoms with Crippen LogP contribution in [0, 0.1) is 0 Å². The van der Waals surface area contributed by atoms with Crippen molar-refractivity contribution in [1.29, 1.82) is 0 Å². The molecule has 134 valence electrons. The van der Waals surface area contributed by atoms with Gasteiger partial charge in [-0.1, -0.05) is 35.6 Å². The summed E-state index contributed by atoms with van der Waals surface area (Å²) < 4.78 is 10.9. The number of hydrogen-bond acceptors (Lipinski definition) is 5. The van der Waals surface area contributed by atoms with Crippen molar-refractivity contribution in [2.75, 3.05) is 7.11 Å². The highest BCUT2D eigenvalue weighted by molar-refractivity contribution is 7.16. The summed E-state index contributed by atoms with van der Waals surface area (Å²) in [5, 5.41) is 3.46. The molecule has 0 aliphatic rings. The molecule has 0 saturated carbocycles. The molecule has 6 heteroatoms. The molecule has 1 aromatic heterocycles. The highest BCUT2D eigenvalue weighted by atomic mass is 32.1. The van der Waals surface area contributed by atoms with Crippen LogP contribution >= 0.6 is 11.3 Å². The van der Waals surface area contributed by atoms with Crippen LogP contribution in [-0.4, -0.2) is 18.0 Å². The molecule has 26 heavy (non-hydrogen) atoms. The number of carbonyl (C=O) groups is 1. The Morgan fingerprint density at radius 2 is 1.73 bits per heavy atom. The lowest BCUT2D eigenvalue weighted by Crippen LogP contribution is -2.23. The van der Waals surface area contributed by atoms with E-state index in [1.54, 1.807) is 13.3 Å². The summed E-state index contributed by atoms with van der Waals surface area (Å²) in [6, 6.07) is 15.4. The number of thiazole rings is 1. The van der Waals surface area contributed by atoms with Gasteiger partial charge in [0, 0.05) is 13.1 Å². The quantitative estimate of drug-likeness (QED) is 0.678. The first kappa shape index (κ1) is 17.9. The number of rotatable bonds is 6. The molecule has 1 heterocycles. The summed E-state index contributed by atoms with van der Waals surface area (Å²) in [4.78, 5) is 16.5. The van der Waals surface area contributed by atoms with Crippen molar-refractivity contribution in [3.8, 4) is 27.1 Å². The number of ether oxygens (including phenoxy) is 2. The summed E-state index contributed by atoms with van der Waals surface area (Å²) in [5.41, 5.74) is 2.12. The fourth-order valence-electron chi connectivity index (χ4n) is 2.51. The minimum absolute atomic E-state index is 0.0167. The van der Waals surface area contributed by atoms with Crippen molar-refractivity contribution < 1.29 is 14.3 Å². The van der Waals surface area contributed by atoms with Crippen LogP contribution in [0.15, 0.2) is 54.7 Å². The molecule has 0 aliphatic heterocycles. The van der Waals surface area contributed by atoms with Crippen LogP contribution in [0.1, 0.15) is 25.5 Å². The summed E-state index contributed by atoms with van der Waals surface area (Å²) in [6.45, 7) is 3.48. The molecular weight excluding hydrogens is 348 g/mol. The molecule has 0 saturated heterocycles. The highest BCUT2D eigenvalue weighted by Crippen LogP contribution is 2.33. The summed E-state index contributed by atoms with van der Waals surface area (Å²) in [7, 11) is 1.63. The largest absolute Gasteiger partial charge is 0.497 e. The van der Waals surface area contributed by atoms with E-state index in [4.69, 9.17) is 9.47 Å². The second-order valence-electron chi connectivity index (χ2n) is 5.81. The Balaban J connectivity index is 1.69. The van der Waals surface area contributed by atoms with E-state index >= 15 is 0 Å². The van der Waals surface area contributed by atoms with Gasteiger partial charge in [-0.15, -0.1) is 0 Å². The van der Waals surface area contributed by atoms with Gasteiger partial charge in [-0.05, 0) is 42.3 Å². The topological polar surface area (TPSA) is 60.5 Å². The number of nitrogens with one attached hydrogen (secondary N) is 1. The van der Waals surface area contributed by atoms with E-state index in [9.17, 15) is 4.79 Å². The van der Waals surface area contributed by atoms with Crippen molar-refractivity contribution in [3.63, 3.8) is 0 Å². The van der Waals surface area contributed by atoms with Crippen LogP contribution in [0.2, 0.25) is 0 Å². The van der Waals surface area contributed by atoms with Crippen LogP contribution < -0.4 is 14.8 Å². The van der Waals surface area contributed by atoms with E-state index in [-0.39, 0.29) is 11.9 Å². The van der Waals surface area contributed by atoms with Crippen LogP contribution in [0.4, 0.5) is 0 Å².